The van der Waals surface area contributed by atoms with Crippen LogP contribution in [0.2, 0.25) is 10.0 Å². The highest BCUT2D eigenvalue weighted by atomic mass is 35.5. The summed E-state index contributed by atoms with van der Waals surface area (Å²) in [5.41, 5.74) is 6.20. The van der Waals surface area contributed by atoms with Gasteiger partial charge in [0.15, 0.2) is 0 Å². The van der Waals surface area contributed by atoms with Gasteiger partial charge < -0.3 is 5.73 Å². The van der Waals surface area contributed by atoms with Crippen LogP contribution in [0.5, 0.6) is 0 Å². The summed E-state index contributed by atoms with van der Waals surface area (Å²) in [6, 6.07) is 2.36. The number of unbranched alkanes of at least 4 members (excludes halogenated alkanes) is 1. The van der Waals surface area contributed by atoms with Gasteiger partial charge in [-0.3, -0.25) is 0 Å². The molecule has 0 unspecified atom stereocenters. The molecule has 1 rings (SSSR count). The Morgan fingerprint density at radius 3 is 2.56 bits per heavy atom. The van der Waals surface area contributed by atoms with Crippen molar-refractivity contribution in [2.45, 2.75) is 32.2 Å². The molecule has 0 aliphatic rings. The highest BCUT2D eigenvalue weighted by Gasteiger charge is 2.17. The van der Waals surface area contributed by atoms with Crippen molar-refractivity contribution in [3.8, 4) is 0 Å². The van der Waals surface area contributed by atoms with E-state index >= 15 is 0 Å². The quantitative estimate of drug-likeness (QED) is 0.795. The molecule has 0 aliphatic carbocycles. The van der Waals surface area contributed by atoms with Gasteiger partial charge in [0, 0.05) is 11.6 Å². The van der Waals surface area contributed by atoms with Gasteiger partial charge in [0.1, 0.15) is 5.82 Å². The molecule has 0 heterocycles. The van der Waals surface area contributed by atoms with E-state index in [2.05, 4.69) is 6.92 Å². The predicted molar refractivity (Wildman–Crippen MR) is 70.1 cm³/mol. The third kappa shape index (κ3) is 3.77. The summed E-state index contributed by atoms with van der Waals surface area (Å²) in [6.45, 7) is 2.06. The first-order valence-corrected chi connectivity index (χ1v) is 5.72. The lowest BCUT2D eigenvalue weighted by Crippen LogP contribution is -2.12. The smallest absolute Gasteiger partial charge is 0.129 e. The van der Waals surface area contributed by atoms with Crippen LogP contribution in [0.15, 0.2) is 12.1 Å². The Morgan fingerprint density at radius 2 is 2.00 bits per heavy atom. The van der Waals surface area contributed by atoms with E-state index in [9.17, 15) is 4.39 Å². The zero-order chi connectivity index (χ0) is 11.4. The second-order valence-corrected chi connectivity index (χ2v) is 4.29. The average molecular weight is 287 g/mol. The summed E-state index contributed by atoms with van der Waals surface area (Å²) in [6.07, 6.45) is 2.68. The molecule has 0 spiro atoms. The molecular formula is C11H15Cl3FN. The molecule has 1 aromatic carbocycles. The molecule has 0 radical (unpaired) electrons. The van der Waals surface area contributed by atoms with E-state index in [1.165, 1.54) is 12.1 Å². The van der Waals surface area contributed by atoms with Gasteiger partial charge in [-0.05, 0) is 18.6 Å². The molecule has 0 bridgehead atoms. The van der Waals surface area contributed by atoms with Gasteiger partial charge in [-0.25, -0.2) is 4.39 Å². The van der Waals surface area contributed by atoms with Crippen LogP contribution in [0, 0.1) is 5.82 Å². The van der Waals surface area contributed by atoms with E-state index in [4.69, 9.17) is 28.9 Å². The predicted octanol–water partition coefficient (Wildman–Crippen LogP) is 4.74. The molecule has 1 atom stereocenters. The molecule has 0 saturated carbocycles. The number of benzene rings is 1. The van der Waals surface area contributed by atoms with Gasteiger partial charge in [-0.15, -0.1) is 12.4 Å². The Bertz CT molecular complexity index is 344. The SMILES string of the molecule is CCCC[C@@H](N)c1c(F)ccc(Cl)c1Cl.Cl. The first-order valence-electron chi connectivity index (χ1n) is 4.96. The zero-order valence-electron chi connectivity index (χ0n) is 8.97. The highest BCUT2D eigenvalue weighted by Crippen LogP contribution is 2.33. The Balaban J connectivity index is 0.00000225. The third-order valence-corrected chi connectivity index (χ3v) is 3.14. The molecule has 0 fully saturated rings. The lowest BCUT2D eigenvalue weighted by Gasteiger charge is -2.14. The fourth-order valence-corrected chi connectivity index (χ4v) is 1.91. The molecule has 92 valence electrons. The lowest BCUT2D eigenvalue weighted by atomic mass is 10.0. The maximum atomic E-state index is 13.5. The minimum atomic E-state index is -0.381. The molecule has 16 heavy (non-hydrogen) atoms. The van der Waals surface area contributed by atoms with Gasteiger partial charge in [0.2, 0.25) is 0 Å². The van der Waals surface area contributed by atoms with Crippen LogP contribution in [0.25, 0.3) is 0 Å². The van der Waals surface area contributed by atoms with E-state index in [0.29, 0.717) is 17.0 Å². The number of nitrogens with two attached hydrogens (primary N) is 1. The molecule has 2 N–H and O–H groups in total. The van der Waals surface area contributed by atoms with Gasteiger partial charge in [-0.2, -0.15) is 0 Å². The van der Waals surface area contributed by atoms with Gasteiger partial charge >= 0.3 is 0 Å². The van der Waals surface area contributed by atoms with Crippen molar-refractivity contribution in [1.82, 2.24) is 0 Å². The molecule has 1 nitrogen and oxygen atoms in total. The fourth-order valence-electron chi connectivity index (χ4n) is 1.45. The van der Waals surface area contributed by atoms with Gasteiger partial charge in [0.05, 0.1) is 10.0 Å². The largest absolute Gasteiger partial charge is 0.324 e. The van der Waals surface area contributed by atoms with Crippen molar-refractivity contribution < 1.29 is 4.39 Å². The molecule has 1 aromatic rings. The summed E-state index contributed by atoms with van der Waals surface area (Å²) in [5.74, 6) is -0.381. The zero-order valence-corrected chi connectivity index (χ0v) is 11.3. The standard InChI is InChI=1S/C11H14Cl2FN.ClH/c1-2-3-4-9(15)10-8(14)6-5-7(12)11(10)13;/h5-6,9H,2-4,15H2,1H3;1H/t9-;/m1./s1. The summed E-state index contributed by atoms with van der Waals surface area (Å²) in [5, 5.41) is 0.584. The van der Waals surface area contributed by atoms with Gasteiger partial charge in [0.25, 0.3) is 0 Å². The minimum Gasteiger partial charge on any atom is -0.324 e. The van der Waals surface area contributed by atoms with Crippen molar-refractivity contribution in [3.05, 3.63) is 33.6 Å². The first kappa shape index (κ1) is 16.0. The Morgan fingerprint density at radius 1 is 1.38 bits per heavy atom. The Kier molecular flexibility index (Phi) is 7.32. The van der Waals surface area contributed by atoms with E-state index in [1.54, 1.807) is 0 Å². The van der Waals surface area contributed by atoms with E-state index in [1.807, 2.05) is 0 Å². The second-order valence-electron chi connectivity index (χ2n) is 3.51. The summed E-state index contributed by atoms with van der Waals surface area (Å²) in [4.78, 5) is 0. The van der Waals surface area contributed by atoms with Crippen LogP contribution in [-0.4, -0.2) is 0 Å². The second kappa shape index (κ2) is 7.33. The van der Waals surface area contributed by atoms with Crippen molar-refractivity contribution in [1.29, 1.82) is 0 Å². The number of hydrogen-bond donors (Lipinski definition) is 1. The molecule has 5 heteroatoms. The topological polar surface area (TPSA) is 26.0 Å². The monoisotopic (exact) mass is 285 g/mol. The molecule has 0 saturated heterocycles. The first-order chi connectivity index (χ1) is 7.07. The van der Waals surface area contributed by atoms with E-state index < -0.39 is 0 Å². The number of rotatable bonds is 4. The maximum Gasteiger partial charge on any atom is 0.129 e. The van der Waals surface area contributed by atoms with Crippen molar-refractivity contribution in [2.75, 3.05) is 0 Å². The molecular weight excluding hydrogens is 271 g/mol. The Labute approximate surface area is 112 Å². The van der Waals surface area contributed by atoms with Gasteiger partial charge in [-0.1, -0.05) is 43.0 Å². The fraction of sp³-hybridized carbons (Fsp3) is 0.455. The van der Waals surface area contributed by atoms with Crippen LogP contribution in [0.1, 0.15) is 37.8 Å². The van der Waals surface area contributed by atoms with Crippen LogP contribution in [0.4, 0.5) is 4.39 Å². The van der Waals surface area contributed by atoms with E-state index in [0.717, 1.165) is 12.8 Å². The molecule has 0 aliphatic heterocycles. The summed E-state index contributed by atoms with van der Waals surface area (Å²) in [7, 11) is 0. The van der Waals surface area contributed by atoms with Crippen molar-refractivity contribution >= 4 is 35.6 Å². The Hall–Kier alpha value is -0.0200. The molecule has 0 amide bonds. The van der Waals surface area contributed by atoms with Crippen molar-refractivity contribution in [3.63, 3.8) is 0 Å². The summed E-state index contributed by atoms with van der Waals surface area (Å²) < 4.78 is 13.5. The van der Waals surface area contributed by atoms with E-state index in [-0.39, 0.29) is 29.3 Å². The van der Waals surface area contributed by atoms with Crippen LogP contribution in [-0.2, 0) is 0 Å². The van der Waals surface area contributed by atoms with Crippen LogP contribution >= 0.6 is 35.6 Å². The number of hydrogen-bond acceptors (Lipinski definition) is 1. The normalized spacial score (nSPS) is 12.1. The van der Waals surface area contributed by atoms with Crippen molar-refractivity contribution in [2.24, 2.45) is 5.73 Å². The lowest BCUT2D eigenvalue weighted by molar-refractivity contribution is 0.548. The van der Waals surface area contributed by atoms with Crippen LogP contribution in [0.3, 0.4) is 0 Å². The minimum absolute atomic E-state index is 0. The maximum absolute atomic E-state index is 13.5. The third-order valence-electron chi connectivity index (χ3n) is 2.32. The summed E-state index contributed by atoms with van der Waals surface area (Å²) >= 11 is 11.7. The highest BCUT2D eigenvalue weighted by molar-refractivity contribution is 6.42. The number of halogens is 4. The molecule has 0 aromatic heterocycles. The average Bonchev–Trinajstić information content (AvgIpc) is 2.21. The van der Waals surface area contributed by atoms with Crippen LogP contribution < -0.4 is 5.73 Å².